The maximum Gasteiger partial charge on any atom is 0.227 e. The van der Waals surface area contributed by atoms with E-state index in [1.54, 1.807) is 0 Å². The second-order valence-corrected chi connectivity index (χ2v) is 9.00. The Bertz CT molecular complexity index is 1290. The minimum Gasteiger partial charge on any atom is -0.494 e. The molecule has 1 fully saturated rings. The van der Waals surface area contributed by atoms with Gasteiger partial charge in [0.25, 0.3) is 0 Å². The van der Waals surface area contributed by atoms with Crippen LogP contribution in [0, 0.1) is 6.92 Å². The van der Waals surface area contributed by atoms with Crippen molar-refractivity contribution >= 4 is 22.6 Å². The number of imidazole rings is 1. The van der Waals surface area contributed by atoms with E-state index in [1.165, 1.54) is 5.56 Å². The zero-order valence-corrected chi connectivity index (χ0v) is 19.9. The SMILES string of the molecule is CCc1ccc(OCCCn2c(C3CC(=O)N(c4ccccc4C)C3)nc3ccccc32)cc1. The second kappa shape index (κ2) is 9.72. The van der Waals surface area contributed by atoms with E-state index in [0.717, 1.165) is 53.2 Å². The number of carbonyl (C=O) groups excluding carboxylic acids is 1. The molecule has 2 heterocycles. The van der Waals surface area contributed by atoms with Crippen LogP contribution in [-0.2, 0) is 17.8 Å². The lowest BCUT2D eigenvalue weighted by Crippen LogP contribution is -2.25. The number of carbonyl (C=O) groups is 1. The summed E-state index contributed by atoms with van der Waals surface area (Å²) in [6, 6.07) is 24.7. The molecule has 3 aromatic carbocycles. The summed E-state index contributed by atoms with van der Waals surface area (Å²) < 4.78 is 8.28. The van der Waals surface area contributed by atoms with Crippen molar-refractivity contribution in [3.63, 3.8) is 0 Å². The molecule has 0 saturated carbocycles. The number of aryl methyl sites for hydroxylation is 3. The maximum atomic E-state index is 13.0. The molecule has 34 heavy (non-hydrogen) atoms. The number of rotatable bonds is 8. The summed E-state index contributed by atoms with van der Waals surface area (Å²) in [7, 11) is 0. The van der Waals surface area contributed by atoms with E-state index in [1.807, 2.05) is 41.3 Å². The average molecular weight is 454 g/mol. The molecule has 0 N–H and O–H groups in total. The molecular weight excluding hydrogens is 422 g/mol. The van der Waals surface area contributed by atoms with E-state index in [0.29, 0.717) is 19.6 Å². The minimum atomic E-state index is 0.0713. The van der Waals surface area contributed by atoms with E-state index >= 15 is 0 Å². The lowest BCUT2D eigenvalue weighted by molar-refractivity contribution is -0.117. The van der Waals surface area contributed by atoms with E-state index < -0.39 is 0 Å². The van der Waals surface area contributed by atoms with Gasteiger partial charge in [-0.05, 0) is 61.2 Å². The summed E-state index contributed by atoms with van der Waals surface area (Å²) in [5, 5.41) is 0. The van der Waals surface area contributed by atoms with Crippen LogP contribution in [0.1, 0.15) is 42.6 Å². The first-order valence-electron chi connectivity index (χ1n) is 12.2. The van der Waals surface area contributed by atoms with Crippen LogP contribution >= 0.6 is 0 Å². The Kier molecular flexibility index (Phi) is 6.35. The van der Waals surface area contributed by atoms with Crippen LogP contribution < -0.4 is 9.64 Å². The Hall–Kier alpha value is -3.60. The molecule has 1 aliphatic rings. The van der Waals surface area contributed by atoms with Crippen molar-refractivity contribution in [3.8, 4) is 5.75 Å². The lowest BCUT2D eigenvalue weighted by atomic mass is 10.1. The lowest BCUT2D eigenvalue weighted by Gasteiger charge is -2.19. The molecule has 1 atom stereocenters. The summed E-state index contributed by atoms with van der Waals surface area (Å²) in [6.45, 7) is 6.31. The van der Waals surface area contributed by atoms with E-state index in [9.17, 15) is 4.79 Å². The van der Waals surface area contributed by atoms with Gasteiger partial charge in [0.15, 0.2) is 0 Å². The molecule has 4 aromatic rings. The number of hydrogen-bond acceptors (Lipinski definition) is 3. The van der Waals surface area contributed by atoms with Crippen molar-refractivity contribution in [3.05, 3.63) is 89.7 Å². The number of anilines is 1. The summed E-state index contributed by atoms with van der Waals surface area (Å²) in [4.78, 5) is 19.9. The molecular formula is C29H31N3O2. The first-order chi connectivity index (χ1) is 16.6. The minimum absolute atomic E-state index is 0.0713. The fourth-order valence-electron chi connectivity index (χ4n) is 4.85. The Morgan fingerprint density at radius 3 is 2.56 bits per heavy atom. The average Bonchev–Trinajstić information content (AvgIpc) is 3.43. The zero-order valence-electron chi connectivity index (χ0n) is 19.9. The summed E-state index contributed by atoms with van der Waals surface area (Å²) >= 11 is 0. The highest BCUT2D eigenvalue weighted by molar-refractivity contribution is 5.97. The highest BCUT2D eigenvalue weighted by Crippen LogP contribution is 2.34. The predicted octanol–water partition coefficient (Wildman–Crippen LogP) is 5.90. The summed E-state index contributed by atoms with van der Waals surface area (Å²) in [6.07, 6.45) is 2.38. The van der Waals surface area contributed by atoms with Crippen molar-refractivity contribution in [1.29, 1.82) is 0 Å². The zero-order chi connectivity index (χ0) is 23.5. The van der Waals surface area contributed by atoms with E-state index in [4.69, 9.17) is 9.72 Å². The van der Waals surface area contributed by atoms with Crippen LogP contribution in [-0.4, -0.2) is 28.6 Å². The third-order valence-electron chi connectivity index (χ3n) is 6.71. The van der Waals surface area contributed by atoms with Gasteiger partial charge in [-0.1, -0.05) is 49.4 Å². The van der Waals surface area contributed by atoms with Gasteiger partial charge in [0.1, 0.15) is 11.6 Å². The molecule has 1 amide bonds. The summed E-state index contributed by atoms with van der Waals surface area (Å²) in [5.41, 5.74) is 5.53. The van der Waals surface area contributed by atoms with E-state index in [2.05, 4.69) is 54.8 Å². The molecule has 174 valence electrons. The van der Waals surface area contributed by atoms with Gasteiger partial charge in [-0.25, -0.2) is 4.98 Å². The first-order valence-corrected chi connectivity index (χ1v) is 12.2. The number of nitrogens with zero attached hydrogens (tertiary/aromatic N) is 3. The third kappa shape index (κ3) is 4.43. The molecule has 1 unspecified atom stereocenters. The monoisotopic (exact) mass is 453 g/mol. The van der Waals surface area contributed by atoms with Crippen molar-refractivity contribution in [2.75, 3.05) is 18.1 Å². The van der Waals surface area contributed by atoms with Crippen molar-refractivity contribution < 1.29 is 9.53 Å². The number of hydrogen-bond donors (Lipinski definition) is 0. The van der Waals surface area contributed by atoms with Crippen molar-refractivity contribution in [1.82, 2.24) is 9.55 Å². The first kappa shape index (κ1) is 22.2. The molecule has 5 rings (SSSR count). The molecule has 0 aliphatic carbocycles. The molecule has 1 aliphatic heterocycles. The van der Waals surface area contributed by atoms with Gasteiger partial charge in [0.05, 0.1) is 17.6 Å². The number of amides is 1. The standard InChI is InChI=1S/C29H31N3O2/c1-3-22-13-15-24(16-14-22)34-18-8-17-31-27-12-7-5-10-25(27)30-29(31)23-19-28(33)32(20-23)26-11-6-4-9-21(26)2/h4-7,9-16,23H,3,8,17-20H2,1-2H3. The van der Waals surface area contributed by atoms with Gasteiger partial charge in [-0.15, -0.1) is 0 Å². The molecule has 5 heteroatoms. The number of fused-ring (bicyclic) bond motifs is 1. The smallest absolute Gasteiger partial charge is 0.227 e. The van der Waals surface area contributed by atoms with Crippen LogP contribution in [0.2, 0.25) is 0 Å². The maximum absolute atomic E-state index is 13.0. The predicted molar refractivity (Wildman–Crippen MR) is 137 cm³/mol. The Balaban J connectivity index is 1.33. The van der Waals surface area contributed by atoms with Crippen molar-refractivity contribution in [2.45, 2.75) is 45.6 Å². The topological polar surface area (TPSA) is 47.4 Å². The van der Waals surface area contributed by atoms with Gasteiger partial charge >= 0.3 is 0 Å². The fraction of sp³-hybridized carbons (Fsp3) is 0.310. The Morgan fingerprint density at radius 1 is 1.00 bits per heavy atom. The normalized spacial score (nSPS) is 15.9. The van der Waals surface area contributed by atoms with Gasteiger partial charge in [-0.3, -0.25) is 4.79 Å². The summed E-state index contributed by atoms with van der Waals surface area (Å²) in [5.74, 6) is 2.14. The third-order valence-corrected chi connectivity index (χ3v) is 6.71. The van der Waals surface area contributed by atoms with Crippen LogP contribution in [0.25, 0.3) is 11.0 Å². The number of ether oxygens (including phenoxy) is 1. The van der Waals surface area contributed by atoms with Crippen LogP contribution in [0.3, 0.4) is 0 Å². The molecule has 0 radical (unpaired) electrons. The number of aromatic nitrogens is 2. The Labute approximate surface area is 201 Å². The molecule has 0 bridgehead atoms. The highest BCUT2D eigenvalue weighted by atomic mass is 16.5. The van der Waals surface area contributed by atoms with Gasteiger partial charge in [0.2, 0.25) is 5.91 Å². The molecule has 1 saturated heterocycles. The Morgan fingerprint density at radius 2 is 1.76 bits per heavy atom. The van der Waals surface area contributed by atoms with Gasteiger partial charge < -0.3 is 14.2 Å². The molecule has 1 aromatic heterocycles. The quantitative estimate of drug-likeness (QED) is 0.312. The fourth-order valence-corrected chi connectivity index (χ4v) is 4.85. The molecule has 5 nitrogen and oxygen atoms in total. The van der Waals surface area contributed by atoms with Gasteiger partial charge in [-0.2, -0.15) is 0 Å². The van der Waals surface area contributed by atoms with Crippen LogP contribution in [0.5, 0.6) is 5.75 Å². The highest BCUT2D eigenvalue weighted by Gasteiger charge is 2.35. The van der Waals surface area contributed by atoms with E-state index in [-0.39, 0.29) is 11.8 Å². The van der Waals surface area contributed by atoms with Crippen LogP contribution in [0.4, 0.5) is 5.69 Å². The van der Waals surface area contributed by atoms with Crippen molar-refractivity contribution in [2.24, 2.45) is 0 Å². The number of benzene rings is 3. The van der Waals surface area contributed by atoms with Crippen LogP contribution in [0.15, 0.2) is 72.8 Å². The second-order valence-electron chi connectivity index (χ2n) is 9.00. The number of para-hydroxylation sites is 3. The van der Waals surface area contributed by atoms with Gasteiger partial charge in [0, 0.05) is 31.1 Å². The largest absolute Gasteiger partial charge is 0.494 e. The molecule has 0 spiro atoms.